The number of benzene rings is 1. The molecule has 5 aliphatic rings. The van der Waals surface area contributed by atoms with Crippen LogP contribution >= 0.6 is 0 Å². The summed E-state index contributed by atoms with van der Waals surface area (Å²) >= 11 is 0. The van der Waals surface area contributed by atoms with Crippen LogP contribution < -0.4 is 29.6 Å². The molecule has 1 saturated heterocycles. The molecular formula is C44H58F3N5O10S. The van der Waals surface area contributed by atoms with Gasteiger partial charge in [0.15, 0.2) is 17.2 Å². The fourth-order valence-electron chi connectivity index (χ4n) is 8.79. The van der Waals surface area contributed by atoms with Gasteiger partial charge >= 0.3 is 6.09 Å². The quantitative estimate of drug-likeness (QED) is 0.242. The molecule has 0 spiro atoms. The molecule has 4 heterocycles. The number of methoxy groups -OCH3 is 1. The number of fused-ring (bicyclic) bond motifs is 5. The predicted octanol–water partition coefficient (Wildman–Crippen LogP) is 5.86. The van der Waals surface area contributed by atoms with Gasteiger partial charge in [0, 0.05) is 30.2 Å². The largest absolute Gasteiger partial charge is 0.494 e. The molecule has 63 heavy (non-hydrogen) atoms. The molecular weight excluding hydrogens is 848 g/mol. The number of rotatable bonds is 10. The number of halogens is 3. The Kier molecular flexibility index (Phi) is 12.4. The molecule has 0 radical (unpaired) electrons. The number of carbonyl (C=O) groups excluding carboxylic acids is 4. The van der Waals surface area contributed by atoms with Crippen molar-refractivity contribution in [2.24, 2.45) is 17.8 Å². The molecule has 1 unspecified atom stereocenters. The van der Waals surface area contributed by atoms with E-state index in [1.807, 2.05) is 19.9 Å². The first kappa shape index (κ1) is 46.2. The molecule has 3 aliphatic heterocycles. The van der Waals surface area contributed by atoms with Gasteiger partial charge in [0.2, 0.25) is 33.6 Å². The number of nitrogens with one attached hydrogen (secondary N) is 3. The topological polar surface area (TPSA) is 192 Å². The number of alkyl halides is 2. The van der Waals surface area contributed by atoms with Crippen LogP contribution in [0, 0.1) is 23.6 Å². The normalized spacial score (nSPS) is 29.0. The highest BCUT2D eigenvalue weighted by molar-refractivity contribution is 7.91. The van der Waals surface area contributed by atoms with Gasteiger partial charge in [-0.15, -0.1) is 0 Å². The summed E-state index contributed by atoms with van der Waals surface area (Å²) in [5.41, 5.74) is -3.19. The minimum absolute atomic E-state index is 0.00500. The van der Waals surface area contributed by atoms with E-state index in [0.29, 0.717) is 75.7 Å². The van der Waals surface area contributed by atoms with Gasteiger partial charge in [-0.3, -0.25) is 19.1 Å². The highest BCUT2D eigenvalue weighted by atomic mass is 32.2. The average Bonchev–Trinajstić information content (AvgIpc) is 4.09. The minimum atomic E-state index is -4.10. The highest BCUT2D eigenvalue weighted by Gasteiger charge is 2.63. The first-order chi connectivity index (χ1) is 29.5. The molecule has 19 heteroatoms. The zero-order valence-corrected chi connectivity index (χ0v) is 37.6. The molecule has 3 N–H and O–H groups in total. The van der Waals surface area contributed by atoms with Gasteiger partial charge in [-0.25, -0.2) is 26.4 Å². The number of alkyl carbamates (subject to hydrolysis) is 1. The van der Waals surface area contributed by atoms with E-state index in [1.165, 1.54) is 24.1 Å². The zero-order valence-electron chi connectivity index (χ0n) is 36.8. The van der Waals surface area contributed by atoms with E-state index in [0.717, 1.165) is 19.4 Å². The lowest BCUT2D eigenvalue weighted by atomic mass is 9.85. The average molecular weight is 906 g/mol. The van der Waals surface area contributed by atoms with Crippen molar-refractivity contribution in [2.75, 3.05) is 20.3 Å². The van der Waals surface area contributed by atoms with Crippen LogP contribution in [0.25, 0.3) is 10.8 Å². The van der Waals surface area contributed by atoms with Gasteiger partial charge in [0.1, 0.15) is 23.7 Å². The van der Waals surface area contributed by atoms with E-state index in [2.05, 4.69) is 20.3 Å². The van der Waals surface area contributed by atoms with Crippen LogP contribution in [0.1, 0.15) is 105 Å². The zero-order chi connectivity index (χ0) is 45.9. The van der Waals surface area contributed by atoms with Crippen molar-refractivity contribution in [1.82, 2.24) is 25.2 Å². The third-order valence-corrected chi connectivity index (χ3v) is 15.8. The summed E-state index contributed by atoms with van der Waals surface area (Å²) in [6.45, 7) is 8.20. The monoisotopic (exact) mass is 905 g/mol. The Bertz CT molecular complexity index is 2300. The van der Waals surface area contributed by atoms with Crippen molar-refractivity contribution in [1.29, 1.82) is 0 Å². The Balaban J connectivity index is 1.27. The summed E-state index contributed by atoms with van der Waals surface area (Å²) in [7, 11) is -2.75. The number of hydrogen-bond donors (Lipinski definition) is 3. The Hall–Kier alpha value is -4.81. The lowest BCUT2D eigenvalue weighted by molar-refractivity contribution is -0.152. The fourth-order valence-corrected chi connectivity index (χ4v) is 10.1. The Labute approximate surface area is 365 Å². The number of carbonyl (C=O) groups is 4. The maximum atomic E-state index is 15.3. The molecule has 3 fully saturated rings. The van der Waals surface area contributed by atoms with Gasteiger partial charge in [-0.1, -0.05) is 32.4 Å². The van der Waals surface area contributed by atoms with Gasteiger partial charge in [-0.05, 0) is 101 Å². The van der Waals surface area contributed by atoms with Gasteiger partial charge in [-0.2, -0.15) is 4.98 Å². The first-order valence-corrected chi connectivity index (χ1v) is 23.2. The first-order valence-electron chi connectivity index (χ1n) is 21.8. The van der Waals surface area contributed by atoms with E-state index in [1.54, 1.807) is 13.0 Å². The van der Waals surface area contributed by atoms with Crippen LogP contribution in [-0.2, 0) is 35.6 Å². The second-order valence-corrected chi connectivity index (χ2v) is 20.9. The van der Waals surface area contributed by atoms with Crippen molar-refractivity contribution < 1.29 is 59.7 Å². The molecule has 346 valence electrons. The highest BCUT2D eigenvalue weighted by Crippen LogP contribution is 2.48. The number of pyridine rings is 1. The SMILES string of the molecule is CC[C@@H]1C[C@H](C)CC/C=C\C2C[C@@]2(C(=O)NS(=O)(=O)C2(C)CC2)NC(=O)[C@@H]2C[C@@H](Oc3nc4c(c5cc(OC)c(F)cc35)CCCO4)CN2C(=O)[C@H]1NC(=O)OC(C)(C)C(C)(F)F. The van der Waals surface area contributed by atoms with Crippen molar-refractivity contribution in [2.45, 2.75) is 146 Å². The van der Waals surface area contributed by atoms with Crippen LogP contribution in [0.5, 0.6) is 17.5 Å². The summed E-state index contributed by atoms with van der Waals surface area (Å²) in [5, 5.41) is 6.28. The van der Waals surface area contributed by atoms with E-state index in [9.17, 15) is 31.6 Å². The van der Waals surface area contributed by atoms with Crippen molar-refractivity contribution >= 4 is 44.6 Å². The number of amides is 4. The summed E-state index contributed by atoms with van der Waals surface area (Å²) in [6.07, 6.45) is 5.38. The van der Waals surface area contributed by atoms with Gasteiger partial charge in [0.05, 0.1) is 25.0 Å². The lowest BCUT2D eigenvalue weighted by Crippen LogP contribution is -2.60. The Morgan fingerprint density at radius 2 is 1.86 bits per heavy atom. The summed E-state index contributed by atoms with van der Waals surface area (Å²) in [4.78, 5) is 63.3. The van der Waals surface area contributed by atoms with Crippen molar-refractivity contribution in [3.63, 3.8) is 0 Å². The molecule has 7 atom stereocenters. The minimum Gasteiger partial charge on any atom is -0.494 e. The second kappa shape index (κ2) is 17.0. The maximum absolute atomic E-state index is 15.3. The number of sulfonamides is 1. The van der Waals surface area contributed by atoms with Crippen molar-refractivity contribution in [3.8, 4) is 17.5 Å². The van der Waals surface area contributed by atoms with Crippen LogP contribution in [0.4, 0.5) is 18.0 Å². The van der Waals surface area contributed by atoms with Crippen LogP contribution in [0.15, 0.2) is 24.3 Å². The number of hydrogen-bond acceptors (Lipinski definition) is 11. The number of allylic oxidation sites excluding steroid dienone is 1. The molecule has 2 saturated carbocycles. The third-order valence-electron chi connectivity index (χ3n) is 13.7. The Morgan fingerprint density at radius 1 is 1.13 bits per heavy atom. The van der Waals surface area contributed by atoms with Crippen LogP contribution in [0.3, 0.4) is 0 Å². The van der Waals surface area contributed by atoms with Gasteiger partial charge < -0.3 is 34.5 Å². The molecule has 1 aromatic heterocycles. The van der Waals surface area contributed by atoms with Crippen LogP contribution in [0.2, 0.25) is 0 Å². The van der Waals surface area contributed by atoms with E-state index < -0.39 is 91.5 Å². The number of nitrogens with zero attached hydrogens (tertiary/aromatic N) is 2. The molecule has 2 aliphatic carbocycles. The molecule has 0 bridgehead atoms. The standard InChI is InChI=1S/C44H58F3N5O10S/c1-8-25-18-24(2)12-9-10-13-26-22-44(26,39(55)51-63(57,58)42(5)15-16-42)50-35(53)32-19-27(23-52(32)38(54)34(25)48-40(56)62-41(3,4)43(6,46)47)61-37-30-20-31(45)33(59-7)21-29(30)28-14-11-17-60-36(28)49-37/h10,13,20-21,24-27,32,34H,8-9,11-12,14-19,22-23H2,1-7H3,(H,48,56)(H,50,53)(H,51,55)/b13-10-/t24-,25-,26?,27-,32+,34+,44-/m1/s1. The lowest BCUT2D eigenvalue weighted by Gasteiger charge is -2.35. The number of ether oxygens (including phenoxy) is 4. The maximum Gasteiger partial charge on any atom is 0.408 e. The Morgan fingerprint density at radius 3 is 2.52 bits per heavy atom. The summed E-state index contributed by atoms with van der Waals surface area (Å²) in [5.74, 6) is -7.43. The number of aromatic nitrogens is 1. The smallest absolute Gasteiger partial charge is 0.408 e. The van der Waals surface area contributed by atoms with Crippen LogP contribution in [-0.4, -0.2) is 102 Å². The van der Waals surface area contributed by atoms with E-state index >= 15 is 9.18 Å². The molecule has 2 aromatic rings. The third kappa shape index (κ3) is 9.12. The molecule has 4 amide bonds. The molecule has 7 rings (SSSR count). The summed E-state index contributed by atoms with van der Waals surface area (Å²) in [6, 6.07) is 0.0441. The fraction of sp³-hybridized carbons (Fsp3) is 0.659. The predicted molar refractivity (Wildman–Crippen MR) is 224 cm³/mol. The molecule has 15 nitrogen and oxygen atoms in total. The molecule has 1 aromatic carbocycles. The summed E-state index contributed by atoms with van der Waals surface area (Å²) < 4.78 is 95.0. The number of aryl methyl sites for hydroxylation is 1. The van der Waals surface area contributed by atoms with Crippen molar-refractivity contribution in [3.05, 3.63) is 35.7 Å². The van der Waals surface area contributed by atoms with E-state index in [4.69, 9.17) is 18.9 Å². The van der Waals surface area contributed by atoms with Gasteiger partial charge in [0.25, 0.3) is 11.8 Å². The second-order valence-electron chi connectivity index (χ2n) is 18.7. The van der Waals surface area contributed by atoms with E-state index in [-0.39, 0.29) is 42.8 Å².